The second kappa shape index (κ2) is 8.73. The van der Waals surface area contributed by atoms with Crippen LogP contribution in [0.25, 0.3) is 0 Å². The van der Waals surface area contributed by atoms with Gasteiger partial charge in [0.05, 0.1) is 12.2 Å². The molecular weight excluding hydrogens is 280 g/mol. The molecule has 1 aliphatic rings. The van der Waals surface area contributed by atoms with Gasteiger partial charge in [-0.3, -0.25) is 0 Å². The smallest absolute Gasteiger partial charge is 0.407 e. The third kappa shape index (κ3) is 7.99. The van der Waals surface area contributed by atoms with Crippen molar-refractivity contribution >= 4 is 6.09 Å². The van der Waals surface area contributed by atoms with E-state index in [0.29, 0.717) is 24.8 Å². The molecule has 3 unspecified atom stereocenters. The molecule has 1 rings (SSSR count). The molecule has 5 heteroatoms. The molecule has 130 valence electrons. The number of amides is 1. The Labute approximate surface area is 135 Å². The summed E-state index contributed by atoms with van der Waals surface area (Å²) >= 11 is 0. The highest BCUT2D eigenvalue weighted by atomic mass is 16.6. The third-order valence-electron chi connectivity index (χ3n) is 3.70. The fourth-order valence-electron chi connectivity index (χ4n) is 2.99. The lowest BCUT2D eigenvalue weighted by Gasteiger charge is -2.35. The highest BCUT2D eigenvalue weighted by Gasteiger charge is 2.26. The number of hydrogen-bond acceptors (Lipinski definition) is 4. The second-order valence-electron chi connectivity index (χ2n) is 7.46. The summed E-state index contributed by atoms with van der Waals surface area (Å²) in [5, 5.41) is 6.57. The summed E-state index contributed by atoms with van der Waals surface area (Å²) in [4.78, 5) is 11.8. The van der Waals surface area contributed by atoms with Gasteiger partial charge in [0.1, 0.15) is 5.60 Å². The third-order valence-corrected chi connectivity index (χ3v) is 3.70. The quantitative estimate of drug-likeness (QED) is 0.790. The molecular formula is C17H34N2O3. The highest BCUT2D eigenvalue weighted by Crippen LogP contribution is 2.19. The number of carbonyl (C=O) groups excluding carboxylic acids is 1. The molecule has 0 aliphatic carbocycles. The average molecular weight is 314 g/mol. The summed E-state index contributed by atoms with van der Waals surface area (Å²) in [5.74, 6) is 0. The molecule has 5 nitrogen and oxygen atoms in total. The van der Waals surface area contributed by atoms with E-state index in [1.807, 2.05) is 20.8 Å². The van der Waals surface area contributed by atoms with Crippen LogP contribution in [0.3, 0.4) is 0 Å². The van der Waals surface area contributed by atoms with Gasteiger partial charge < -0.3 is 20.1 Å². The molecule has 3 atom stereocenters. The Morgan fingerprint density at radius 3 is 2.36 bits per heavy atom. The monoisotopic (exact) mass is 314 g/mol. The predicted molar refractivity (Wildman–Crippen MR) is 89.1 cm³/mol. The zero-order valence-electron chi connectivity index (χ0n) is 15.1. The van der Waals surface area contributed by atoms with Crippen LogP contribution < -0.4 is 10.6 Å². The van der Waals surface area contributed by atoms with Crippen molar-refractivity contribution < 1.29 is 14.3 Å². The molecule has 1 heterocycles. The summed E-state index contributed by atoms with van der Waals surface area (Å²) in [6.45, 7) is 12.6. The second-order valence-corrected chi connectivity index (χ2v) is 7.46. The molecule has 2 N–H and O–H groups in total. The first-order valence-corrected chi connectivity index (χ1v) is 8.58. The first-order chi connectivity index (χ1) is 10.2. The van der Waals surface area contributed by atoms with Crippen molar-refractivity contribution in [1.82, 2.24) is 10.6 Å². The first-order valence-electron chi connectivity index (χ1n) is 8.58. The molecule has 1 aliphatic heterocycles. The molecule has 0 spiro atoms. The number of hydrogen-bond donors (Lipinski definition) is 2. The van der Waals surface area contributed by atoms with E-state index in [4.69, 9.17) is 9.47 Å². The summed E-state index contributed by atoms with van der Waals surface area (Å²) < 4.78 is 11.1. The standard InChI is InChI=1S/C17H34N2O3/c1-7-8-14(11-18-16(20)22-17(4,5)6)19-15-9-12(2)21-13(3)10-15/h12-15,19H,7-11H2,1-6H3,(H,18,20). The van der Waals surface area contributed by atoms with Crippen LogP contribution in [0.1, 0.15) is 67.2 Å². The van der Waals surface area contributed by atoms with Gasteiger partial charge in [0.2, 0.25) is 0 Å². The van der Waals surface area contributed by atoms with Crippen LogP contribution in [0, 0.1) is 0 Å². The van der Waals surface area contributed by atoms with E-state index in [2.05, 4.69) is 31.4 Å². The van der Waals surface area contributed by atoms with Gasteiger partial charge in [-0.1, -0.05) is 13.3 Å². The zero-order chi connectivity index (χ0) is 16.8. The van der Waals surface area contributed by atoms with E-state index in [0.717, 1.165) is 25.7 Å². The van der Waals surface area contributed by atoms with Gasteiger partial charge in [0, 0.05) is 18.6 Å². The minimum atomic E-state index is -0.455. The molecule has 1 saturated heterocycles. The normalized spacial score (nSPS) is 27.3. The Balaban J connectivity index is 2.42. The maximum Gasteiger partial charge on any atom is 0.407 e. The van der Waals surface area contributed by atoms with E-state index in [-0.39, 0.29) is 12.1 Å². The van der Waals surface area contributed by atoms with Crippen molar-refractivity contribution in [3.63, 3.8) is 0 Å². The number of carbonyl (C=O) groups is 1. The van der Waals surface area contributed by atoms with Crippen LogP contribution in [0.4, 0.5) is 4.79 Å². The lowest BCUT2D eigenvalue weighted by molar-refractivity contribution is -0.0437. The molecule has 0 bridgehead atoms. The number of nitrogens with one attached hydrogen (secondary N) is 2. The van der Waals surface area contributed by atoms with E-state index < -0.39 is 5.60 Å². The minimum absolute atomic E-state index is 0.278. The topological polar surface area (TPSA) is 59.6 Å². The first kappa shape index (κ1) is 19.2. The number of rotatable bonds is 6. The average Bonchev–Trinajstić information content (AvgIpc) is 2.33. The van der Waals surface area contributed by atoms with Crippen LogP contribution in [0.15, 0.2) is 0 Å². The van der Waals surface area contributed by atoms with Gasteiger partial charge in [-0.2, -0.15) is 0 Å². The van der Waals surface area contributed by atoms with Gasteiger partial charge in [-0.15, -0.1) is 0 Å². The molecule has 0 radical (unpaired) electrons. The van der Waals surface area contributed by atoms with Crippen LogP contribution in [-0.4, -0.2) is 42.5 Å². The van der Waals surface area contributed by atoms with Crippen molar-refractivity contribution in [2.75, 3.05) is 6.54 Å². The Hall–Kier alpha value is -0.810. The molecule has 0 aromatic heterocycles. The lowest BCUT2D eigenvalue weighted by atomic mass is 9.98. The Morgan fingerprint density at radius 2 is 1.86 bits per heavy atom. The summed E-state index contributed by atoms with van der Waals surface area (Å²) in [6.07, 6.45) is 4.42. The van der Waals surface area contributed by atoms with Gasteiger partial charge >= 0.3 is 6.09 Å². The predicted octanol–water partition coefficient (Wildman–Crippen LogP) is 3.23. The van der Waals surface area contributed by atoms with Crippen molar-refractivity contribution in [3.05, 3.63) is 0 Å². The summed E-state index contributed by atoms with van der Waals surface area (Å²) in [7, 11) is 0. The minimum Gasteiger partial charge on any atom is -0.444 e. The van der Waals surface area contributed by atoms with Crippen molar-refractivity contribution in [3.8, 4) is 0 Å². The maximum absolute atomic E-state index is 11.8. The number of ether oxygens (including phenoxy) is 2. The Bertz CT molecular complexity index is 331. The SMILES string of the molecule is CCCC(CNC(=O)OC(C)(C)C)NC1CC(C)OC(C)C1. The van der Waals surface area contributed by atoms with Gasteiger partial charge in [0.15, 0.2) is 0 Å². The molecule has 0 aromatic carbocycles. The van der Waals surface area contributed by atoms with Crippen molar-refractivity contribution in [1.29, 1.82) is 0 Å². The summed E-state index contributed by atoms with van der Waals surface area (Å²) in [5.41, 5.74) is -0.455. The maximum atomic E-state index is 11.8. The van der Waals surface area contributed by atoms with Gasteiger partial charge in [0.25, 0.3) is 0 Å². The molecule has 0 aromatic rings. The van der Waals surface area contributed by atoms with Crippen LogP contribution in [0.5, 0.6) is 0 Å². The largest absolute Gasteiger partial charge is 0.444 e. The van der Waals surface area contributed by atoms with E-state index >= 15 is 0 Å². The van der Waals surface area contributed by atoms with E-state index in [9.17, 15) is 4.79 Å². The van der Waals surface area contributed by atoms with Gasteiger partial charge in [-0.25, -0.2) is 4.79 Å². The Kier molecular flexibility index (Phi) is 7.63. The van der Waals surface area contributed by atoms with Crippen LogP contribution in [0.2, 0.25) is 0 Å². The fourth-order valence-corrected chi connectivity index (χ4v) is 2.99. The molecule has 0 saturated carbocycles. The number of alkyl carbamates (subject to hydrolysis) is 1. The summed E-state index contributed by atoms with van der Waals surface area (Å²) in [6, 6.07) is 0.732. The van der Waals surface area contributed by atoms with Crippen molar-refractivity contribution in [2.45, 2.75) is 97.1 Å². The lowest BCUT2D eigenvalue weighted by Crippen LogP contribution is -2.50. The van der Waals surface area contributed by atoms with E-state index in [1.54, 1.807) is 0 Å². The fraction of sp³-hybridized carbons (Fsp3) is 0.941. The van der Waals surface area contributed by atoms with Crippen molar-refractivity contribution in [2.24, 2.45) is 0 Å². The van der Waals surface area contributed by atoms with E-state index in [1.165, 1.54) is 0 Å². The highest BCUT2D eigenvalue weighted by molar-refractivity contribution is 5.67. The van der Waals surface area contributed by atoms with Crippen LogP contribution in [-0.2, 0) is 9.47 Å². The van der Waals surface area contributed by atoms with Crippen LogP contribution >= 0.6 is 0 Å². The molecule has 1 amide bonds. The molecule has 1 fully saturated rings. The Morgan fingerprint density at radius 1 is 1.27 bits per heavy atom. The molecule has 22 heavy (non-hydrogen) atoms. The van der Waals surface area contributed by atoms with Gasteiger partial charge in [-0.05, 0) is 53.9 Å². The zero-order valence-corrected chi connectivity index (χ0v) is 15.1.